The van der Waals surface area contributed by atoms with Crippen molar-refractivity contribution in [3.05, 3.63) is 54.0 Å². The minimum absolute atomic E-state index is 0.00603. The van der Waals surface area contributed by atoms with Crippen LogP contribution in [0.2, 0.25) is 0 Å². The van der Waals surface area contributed by atoms with E-state index in [0.717, 1.165) is 4.90 Å². The lowest BCUT2D eigenvalue weighted by atomic mass is 10.2. The summed E-state index contributed by atoms with van der Waals surface area (Å²) in [6.45, 7) is 0. The highest BCUT2D eigenvalue weighted by molar-refractivity contribution is 7.99. The number of benzene rings is 1. The van der Waals surface area contributed by atoms with Crippen molar-refractivity contribution in [3.8, 4) is 0 Å². The summed E-state index contributed by atoms with van der Waals surface area (Å²) in [6, 6.07) is 9.65. The zero-order chi connectivity index (χ0) is 12.3. The Balaban J connectivity index is 2.24. The van der Waals surface area contributed by atoms with Crippen LogP contribution < -0.4 is 5.73 Å². The molecule has 0 atom stereocenters. The normalized spacial score (nSPS) is 10.2. The van der Waals surface area contributed by atoms with Crippen LogP contribution >= 0.6 is 11.8 Å². The van der Waals surface area contributed by atoms with Gasteiger partial charge in [-0.2, -0.15) is 0 Å². The number of hydrogen-bond donors (Lipinski definition) is 2. The van der Waals surface area contributed by atoms with Crippen LogP contribution in [0.15, 0.2) is 52.5 Å². The Bertz CT molecular complexity index is 557. The fourth-order valence-electron chi connectivity index (χ4n) is 1.28. The lowest BCUT2D eigenvalue weighted by Crippen LogP contribution is -2.10. The van der Waals surface area contributed by atoms with Crippen molar-refractivity contribution in [1.29, 1.82) is 5.41 Å². The first-order valence-electron chi connectivity index (χ1n) is 4.89. The Morgan fingerprint density at radius 3 is 2.82 bits per heavy atom. The molecule has 0 saturated heterocycles. The van der Waals surface area contributed by atoms with Gasteiger partial charge in [-0.3, -0.25) is 5.41 Å². The molecule has 1 heterocycles. The Morgan fingerprint density at radius 1 is 1.29 bits per heavy atom. The molecule has 0 spiro atoms. The molecule has 2 rings (SSSR count). The molecule has 86 valence electrons. The van der Waals surface area contributed by atoms with Gasteiger partial charge in [0.1, 0.15) is 16.7 Å². The molecule has 3 N–H and O–H groups in total. The highest BCUT2D eigenvalue weighted by atomic mass is 32.2. The predicted molar refractivity (Wildman–Crippen MR) is 65.8 cm³/mol. The Kier molecular flexibility index (Phi) is 3.39. The zero-order valence-corrected chi connectivity index (χ0v) is 9.67. The van der Waals surface area contributed by atoms with E-state index in [1.807, 2.05) is 0 Å². The highest BCUT2D eigenvalue weighted by Gasteiger charge is 2.03. The van der Waals surface area contributed by atoms with Gasteiger partial charge in [-0.15, -0.1) is 0 Å². The van der Waals surface area contributed by atoms with E-state index < -0.39 is 0 Å². The fraction of sp³-hybridized carbons (Fsp3) is 0. The molecule has 0 aliphatic carbocycles. The number of pyridine rings is 1. The van der Waals surface area contributed by atoms with E-state index in [9.17, 15) is 4.39 Å². The van der Waals surface area contributed by atoms with Crippen LogP contribution in [-0.4, -0.2) is 10.8 Å². The second kappa shape index (κ2) is 4.97. The Labute approximate surface area is 102 Å². The van der Waals surface area contributed by atoms with Crippen molar-refractivity contribution >= 4 is 17.6 Å². The summed E-state index contributed by atoms with van der Waals surface area (Å²) in [5, 5.41) is 8.01. The van der Waals surface area contributed by atoms with E-state index in [-0.39, 0.29) is 11.7 Å². The van der Waals surface area contributed by atoms with Gasteiger partial charge in [-0.05, 0) is 30.3 Å². The van der Waals surface area contributed by atoms with Crippen molar-refractivity contribution in [2.45, 2.75) is 9.92 Å². The Morgan fingerprint density at radius 2 is 2.12 bits per heavy atom. The molecule has 0 amide bonds. The summed E-state index contributed by atoms with van der Waals surface area (Å²) < 4.78 is 13.0. The molecule has 0 fully saturated rings. The monoisotopic (exact) mass is 247 g/mol. The maximum atomic E-state index is 13.0. The van der Waals surface area contributed by atoms with E-state index in [4.69, 9.17) is 11.1 Å². The van der Waals surface area contributed by atoms with Crippen LogP contribution in [0.5, 0.6) is 0 Å². The molecule has 3 nitrogen and oxygen atoms in total. The summed E-state index contributed by atoms with van der Waals surface area (Å²) in [5.41, 5.74) is 6.00. The number of nitrogen functional groups attached to an aromatic ring is 1. The quantitative estimate of drug-likeness (QED) is 0.647. The van der Waals surface area contributed by atoms with E-state index >= 15 is 0 Å². The Hall–Kier alpha value is -1.88. The van der Waals surface area contributed by atoms with Crippen molar-refractivity contribution in [2.24, 2.45) is 5.73 Å². The largest absolute Gasteiger partial charge is 0.384 e. The predicted octanol–water partition coefficient (Wildman–Crippen LogP) is 2.66. The van der Waals surface area contributed by atoms with E-state index in [0.29, 0.717) is 10.6 Å². The van der Waals surface area contributed by atoms with Crippen molar-refractivity contribution in [2.75, 3.05) is 0 Å². The summed E-state index contributed by atoms with van der Waals surface area (Å²) in [5.74, 6) is -0.286. The standard InChI is InChI=1S/C12H10FN3S/c13-9-2-1-3-10(7-9)17-11-6-8(12(14)15)4-5-16-11/h1-7H,(H3,14,15). The van der Waals surface area contributed by atoms with Gasteiger partial charge in [0.05, 0.1) is 0 Å². The number of hydrogen-bond acceptors (Lipinski definition) is 3. The summed E-state index contributed by atoms with van der Waals surface area (Å²) in [4.78, 5) is 4.90. The third-order valence-electron chi connectivity index (χ3n) is 2.06. The second-order valence-corrected chi connectivity index (χ2v) is 4.45. The summed E-state index contributed by atoms with van der Waals surface area (Å²) >= 11 is 1.33. The number of rotatable bonds is 3. The number of nitrogens with one attached hydrogen (secondary N) is 1. The van der Waals surface area contributed by atoms with Crippen LogP contribution in [0.1, 0.15) is 5.56 Å². The zero-order valence-electron chi connectivity index (χ0n) is 8.85. The van der Waals surface area contributed by atoms with Gasteiger partial charge in [0.2, 0.25) is 0 Å². The fourth-order valence-corrected chi connectivity index (χ4v) is 2.14. The number of halogens is 1. The maximum absolute atomic E-state index is 13.0. The molecule has 0 unspecified atom stereocenters. The highest BCUT2D eigenvalue weighted by Crippen LogP contribution is 2.26. The van der Waals surface area contributed by atoms with Crippen LogP contribution in [0, 0.1) is 11.2 Å². The van der Waals surface area contributed by atoms with Gasteiger partial charge >= 0.3 is 0 Å². The number of amidine groups is 1. The summed E-state index contributed by atoms with van der Waals surface area (Å²) in [7, 11) is 0. The average Bonchev–Trinajstić information content (AvgIpc) is 2.29. The molecular formula is C12H10FN3S. The van der Waals surface area contributed by atoms with Gasteiger partial charge in [-0.25, -0.2) is 9.37 Å². The topological polar surface area (TPSA) is 62.8 Å². The van der Waals surface area contributed by atoms with Crippen LogP contribution in [0.3, 0.4) is 0 Å². The van der Waals surface area contributed by atoms with Crippen molar-refractivity contribution in [3.63, 3.8) is 0 Å². The molecule has 0 radical (unpaired) electrons. The lowest BCUT2D eigenvalue weighted by molar-refractivity contribution is 0.624. The number of nitrogens with zero attached hydrogens (tertiary/aromatic N) is 1. The smallest absolute Gasteiger partial charge is 0.124 e. The van der Waals surface area contributed by atoms with Crippen LogP contribution in [-0.2, 0) is 0 Å². The molecule has 0 aliphatic rings. The SMILES string of the molecule is N=C(N)c1ccnc(Sc2cccc(F)c2)c1. The number of nitrogens with two attached hydrogens (primary N) is 1. The molecule has 0 saturated carbocycles. The molecule has 2 aromatic rings. The number of aromatic nitrogens is 1. The molecule has 5 heteroatoms. The van der Waals surface area contributed by atoms with Gasteiger partial charge in [0.25, 0.3) is 0 Å². The van der Waals surface area contributed by atoms with Crippen molar-refractivity contribution < 1.29 is 4.39 Å². The van der Waals surface area contributed by atoms with Crippen molar-refractivity contribution in [1.82, 2.24) is 4.98 Å². The molecular weight excluding hydrogens is 237 g/mol. The molecule has 0 bridgehead atoms. The first-order valence-corrected chi connectivity index (χ1v) is 5.70. The van der Waals surface area contributed by atoms with Gasteiger partial charge in [-0.1, -0.05) is 17.8 Å². The van der Waals surface area contributed by atoms with Crippen LogP contribution in [0.25, 0.3) is 0 Å². The molecule has 1 aromatic heterocycles. The van der Waals surface area contributed by atoms with Gasteiger partial charge in [0, 0.05) is 16.7 Å². The minimum Gasteiger partial charge on any atom is -0.384 e. The maximum Gasteiger partial charge on any atom is 0.124 e. The molecule has 1 aromatic carbocycles. The van der Waals surface area contributed by atoms with E-state index in [1.165, 1.54) is 23.9 Å². The minimum atomic E-state index is -0.280. The first kappa shape index (κ1) is 11.6. The van der Waals surface area contributed by atoms with E-state index in [2.05, 4.69) is 4.98 Å². The lowest BCUT2D eigenvalue weighted by Gasteiger charge is -2.03. The first-order chi connectivity index (χ1) is 8.15. The van der Waals surface area contributed by atoms with Crippen LogP contribution in [0.4, 0.5) is 4.39 Å². The van der Waals surface area contributed by atoms with Gasteiger partial charge in [0.15, 0.2) is 0 Å². The summed E-state index contributed by atoms with van der Waals surface area (Å²) in [6.07, 6.45) is 1.58. The van der Waals surface area contributed by atoms with Gasteiger partial charge < -0.3 is 5.73 Å². The third-order valence-corrected chi connectivity index (χ3v) is 2.99. The average molecular weight is 247 g/mol. The third kappa shape index (κ3) is 3.04. The molecule has 17 heavy (non-hydrogen) atoms. The second-order valence-electron chi connectivity index (χ2n) is 3.36. The molecule has 0 aliphatic heterocycles. The van der Waals surface area contributed by atoms with E-state index in [1.54, 1.807) is 30.5 Å².